The smallest absolute Gasteiger partial charge is 0.310 e. The topological polar surface area (TPSA) is 49.3 Å². The molecule has 0 atom stereocenters. The minimum atomic E-state index is -0.613. The summed E-state index contributed by atoms with van der Waals surface area (Å²) in [5, 5.41) is 12.7. The standard InChI is InChI=1S/C14H25NO2/c1-13(2,11-5-3-6-11)9-15-10-14(12(16)17)7-4-8-14/h11,15H,3-10H2,1-2H3,(H,16,17). The van der Waals surface area contributed by atoms with Crippen LogP contribution in [0.1, 0.15) is 52.4 Å². The van der Waals surface area contributed by atoms with Gasteiger partial charge in [-0.1, -0.05) is 26.7 Å². The lowest BCUT2D eigenvalue weighted by molar-refractivity contribution is -0.154. The highest BCUT2D eigenvalue weighted by atomic mass is 16.4. The van der Waals surface area contributed by atoms with Crippen LogP contribution in [0.2, 0.25) is 0 Å². The van der Waals surface area contributed by atoms with Crippen molar-refractivity contribution in [3.8, 4) is 0 Å². The highest BCUT2D eigenvalue weighted by molar-refractivity contribution is 5.76. The van der Waals surface area contributed by atoms with E-state index >= 15 is 0 Å². The Bertz CT molecular complexity index is 291. The van der Waals surface area contributed by atoms with Gasteiger partial charge in [-0.05, 0) is 37.0 Å². The molecule has 2 aliphatic carbocycles. The molecule has 2 saturated carbocycles. The molecule has 3 nitrogen and oxygen atoms in total. The van der Waals surface area contributed by atoms with E-state index in [1.54, 1.807) is 0 Å². The minimum absolute atomic E-state index is 0.321. The van der Waals surface area contributed by atoms with Crippen molar-refractivity contribution in [1.29, 1.82) is 0 Å². The first-order valence-electron chi connectivity index (χ1n) is 6.90. The van der Waals surface area contributed by atoms with Gasteiger partial charge in [-0.2, -0.15) is 0 Å². The molecule has 0 unspecified atom stereocenters. The molecule has 0 aromatic carbocycles. The minimum Gasteiger partial charge on any atom is -0.481 e. The van der Waals surface area contributed by atoms with Gasteiger partial charge in [0.15, 0.2) is 0 Å². The summed E-state index contributed by atoms with van der Waals surface area (Å²) >= 11 is 0. The number of carboxylic acids is 1. The Labute approximate surface area is 104 Å². The van der Waals surface area contributed by atoms with Crippen molar-refractivity contribution < 1.29 is 9.90 Å². The summed E-state index contributed by atoms with van der Waals surface area (Å²) in [6, 6.07) is 0. The Kier molecular flexibility index (Phi) is 3.48. The van der Waals surface area contributed by atoms with Crippen LogP contribution in [-0.2, 0) is 4.79 Å². The molecule has 0 radical (unpaired) electrons. The van der Waals surface area contributed by atoms with Crippen LogP contribution in [-0.4, -0.2) is 24.2 Å². The summed E-state index contributed by atoms with van der Waals surface area (Å²) in [5.74, 6) is 0.217. The molecule has 17 heavy (non-hydrogen) atoms. The first-order chi connectivity index (χ1) is 7.96. The fourth-order valence-corrected chi connectivity index (χ4v) is 3.03. The number of carboxylic acid groups (broad SMARTS) is 1. The van der Waals surface area contributed by atoms with Gasteiger partial charge in [-0.3, -0.25) is 4.79 Å². The van der Waals surface area contributed by atoms with E-state index in [0.29, 0.717) is 12.0 Å². The van der Waals surface area contributed by atoms with Crippen molar-refractivity contribution >= 4 is 5.97 Å². The molecule has 0 saturated heterocycles. The molecule has 0 aromatic heterocycles. The van der Waals surface area contributed by atoms with Crippen molar-refractivity contribution in [3.63, 3.8) is 0 Å². The summed E-state index contributed by atoms with van der Waals surface area (Å²) in [5.41, 5.74) is -0.128. The largest absolute Gasteiger partial charge is 0.481 e. The van der Waals surface area contributed by atoms with Crippen LogP contribution in [0.3, 0.4) is 0 Å². The maximum absolute atomic E-state index is 11.2. The molecule has 0 heterocycles. The number of rotatable bonds is 6. The molecule has 0 aromatic rings. The molecular formula is C14H25NO2. The Morgan fingerprint density at radius 3 is 2.35 bits per heavy atom. The zero-order valence-electron chi connectivity index (χ0n) is 11.1. The predicted octanol–water partition coefficient (Wildman–Crippen LogP) is 2.66. The van der Waals surface area contributed by atoms with Crippen LogP contribution >= 0.6 is 0 Å². The average Bonchev–Trinajstić information content (AvgIpc) is 2.04. The van der Waals surface area contributed by atoms with Crippen LogP contribution in [0.5, 0.6) is 0 Å². The van der Waals surface area contributed by atoms with Crippen LogP contribution in [0, 0.1) is 16.7 Å². The highest BCUT2D eigenvalue weighted by Gasteiger charge is 2.44. The van der Waals surface area contributed by atoms with Crippen molar-refractivity contribution in [2.75, 3.05) is 13.1 Å². The van der Waals surface area contributed by atoms with Gasteiger partial charge in [-0.25, -0.2) is 0 Å². The predicted molar refractivity (Wildman–Crippen MR) is 67.9 cm³/mol. The molecule has 2 rings (SSSR count). The van der Waals surface area contributed by atoms with Gasteiger partial charge in [0.25, 0.3) is 0 Å². The summed E-state index contributed by atoms with van der Waals surface area (Å²) in [4.78, 5) is 11.2. The summed E-state index contributed by atoms with van der Waals surface area (Å²) in [6.45, 7) is 6.21. The first kappa shape index (κ1) is 12.9. The van der Waals surface area contributed by atoms with Crippen molar-refractivity contribution in [3.05, 3.63) is 0 Å². The molecule has 3 heteroatoms. The van der Waals surface area contributed by atoms with Crippen LogP contribution in [0.4, 0.5) is 0 Å². The van der Waals surface area contributed by atoms with E-state index in [-0.39, 0.29) is 0 Å². The number of aliphatic carboxylic acids is 1. The summed E-state index contributed by atoms with van der Waals surface area (Å²) in [6.07, 6.45) is 6.82. The summed E-state index contributed by atoms with van der Waals surface area (Å²) in [7, 11) is 0. The highest BCUT2D eigenvalue weighted by Crippen LogP contribution is 2.43. The van der Waals surface area contributed by atoms with Gasteiger partial charge in [0, 0.05) is 13.1 Å². The van der Waals surface area contributed by atoms with E-state index in [1.807, 2.05) is 0 Å². The van der Waals surface area contributed by atoms with Crippen molar-refractivity contribution in [1.82, 2.24) is 5.32 Å². The first-order valence-corrected chi connectivity index (χ1v) is 6.90. The maximum atomic E-state index is 11.2. The van der Waals surface area contributed by atoms with Gasteiger partial charge >= 0.3 is 5.97 Å². The fourth-order valence-electron chi connectivity index (χ4n) is 3.03. The van der Waals surface area contributed by atoms with Crippen molar-refractivity contribution in [2.24, 2.45) is 16.7 Å². The third kappa shape index (κ3) is 2.49. The summed E-state index contributed by atoms with van der Waals surface area (Å²) < 4.78 is 0. The Morgan fingerprint density at radius 2 is 2.00 bits per heavy atom. The molecule has 2 aliphatic rings. The van der Waals surface area contributed by atoms with Gasteiger partial charge in [0.05, 0.1) is 5.41 Å². The van der Waals surface area contributed by atoms with Crippen LogP contribution < -0.4 is 5.32 Å². The van der Waals surface area contributed by atoms with Gasteiger partial charge in [-0.15, -0.1) is 0 Å². The van der Waals surface area contributed by atoms with E-state index < -0.39 is 11.4 Å². The lowest BCUT2D eigenvalue weighted by atomic mass is 9.66. The second-order valence-corrected chi connectivity index (χ2v) is 6.66. The SMILES string of the molecule is CC(C)(CNCC1(C(=O)O)CCC1)C1CCC1. The number of hydrogen-bond donors (Lipinski definition) is 2. The third-order valence-corrected chi connectivity index (χ3v) is 5.02. The fraction of sp³-hybridized carbons (Fsp3) is 0.929. The van der Waals surface area contributed by atoms with Gasteiger partial charge in [0.1, 0.15) is 0 Å². The quantitative estimate of drug-likeness (QED) is 0.749. The Hall–Kier alpha value is -0.570. The molecule has 0 bridgehead atoms. The molecule has 0 aliphatic heterocycles. The molecular weight excluding hydrogens is 214 g/mol. The van der Waals surface area contributed by atoms with Gasteiger partial charge in [0.2, 0.25) is 0 Å². The zero-order valence-corrected chi connectivity index (χ0v) is 11.1. The van der Waals surface area contributed by atoms with Gasteiger partial charge < -0.3 is 10.4 Å². The van der Waals surface area contributed by atoms with Crippen LogP contribution in [0.25, 0.3) is 0 Å². The molecule has 98 valence electrons. The normalized spacial score (nSPS) is 23.9. The lowest BCUT2D eigenvalue weighted by Gasteiger charge is -2.43. The lowest BCUT2D eigenvalue weighted by Crippen LogP contribution is -2.49. The third-order valence-electron chi connectivity index (χ3n) is 5.02. The zero-order chi connectivity index (χ0) is 12.5. The second-order valence-electron chi connectivity index (χ2n) is 6.66. The Balaban J connectivity index is 1.76. The number of nitrogens with one attached hydrogen (secondary N) is 1. The average molecular weight is 239 g/mol. The van der Waals surface area contributed by atoms with E-state index in [9.17, 15) is 9.90 Å². The molecule has 0 spiro atoms. The van der Waals surface area contributed by atoms with Crippen molar-refractivity contribution in [2.45, 2.75) is 52.4 Å². The van der Waals surface area contributed by atoms with E-state index in [1.165, 1.54) is 19.3 Å². The molecule has 2 N–H and O–H groups in total. The molecule has 2 fully saturated rings. The second kappa shape index (κ2) is 4.60. The van der Waals surface area contributed by atoms with E-state index in [2.05, 4.69) is 19.2 Å². The van der Waals surface area contributed by atoms with Crippen LogP contribution in [0.15, 0.2) is 0 Å². The van der Waals surface area contributed by atoms with E-state index in [0.717, 1.165) is 31.7 Å². The monoisotopic (exact) mass is 239 g/mol. The maximum Gasteiger partial charge on any atom is 0.310 e. The molecule has 0 amide bonds. The Morgan fingerprint density at radius 1 is 1.35 bits per heavy atom. The van der Waals surface area contributed by atoms with E-state index in [4.69, 9.17) is 0 Å². The number of hydrogen-bond acceptors (Lipinski definition) is 2. The number of carbonyl (C=O) groups is 1.